The number of thiazole rings is 1. The van der Waals surface area contributed by atoms with Crippen LogP contribution in [-0.2, 0) is 5.75 Å². The van der Waals surface area contributed by atoms with Crippen molar-refractivity contribution in [2.45, 2.75) is 12.7 Å². The Hall–Kier alpha value is -0.0200. The molecule has 0 radical (unpaired) electrons. The first-order chi connectivity index (χ1) is 3.83. The van der Waals surface area contributed by atoms with Crippen LogP contribution in [0, 0.1) is 6.92 Å². The molecule has 1 heterocycles. The van der Waals surface area contributed by atoms with Crippen molar-refractivity contribution in [3.63, 3.8) is 0 Å². The first kappa shape index (κ1) is 6.11. The van der Waals surface area contributed by atoms with Crippen LogP contribution in [0.1, 0.15) is 10.7 Å². The Morgan fingerprint density at radius 3 is 2.88 bits per heavy atom. The number of hydrogen-bond acceptors (Lipinski definition) is 3. The van der Waals surface area contributed by atoms with Gasteiger partial charge in [0, 0.05) is 11.1 Å². The summed E-state index contributed by atoms with van der Waals surface area (Å²) in [6.07, 6.45) is 0. The summed E-state index contributed by atoms with van der Waals surface area (Å²) in [5.41, 5.74) is 1.08. The summed E-state index contributed by atoms with van der Waals surface area (Å²) in [5, 5.41) is 3.15. The minimum absolute atomic E-state index is 0.754. The van der Waals surface area contributed by atoms with E-state index in [0.29, 0.717) is 0 Å². The van der Waals surface area contributed by atoms with E-state index in [-0.39, 0.29) is 0 Å². The summed E-state index contributed by atoms with van der Waals surface area (Å²) in [5.74, 6) is 0.754. The number of thiol groups is 1. The zero-order valence-electron chi connectivity index (χ0n) is 4.59. The maximum Gasteiger partial charge on any atom is 0.0897 e. The second kappa shape index (κ2) is 2.51. The predicted molar refractivity (Wildman–Crippen MR) is 39.5 cm³/mol. The largest absolute Gasteiger partial charge is 0.246 e. The molecule has 1 aromatic heterocycles. The number of hydrogen-bond donors (Lipinski definition) is 1. The number of rotatable bonds is 1. The van der Waals surface area contributed by atoms with E-state index in [9.17, 15) is 0 Å². The lowest BCUT2D eigenvalue weighted by Gasteiger charge is -1.79. The topological polar surface area (TPSA) is 12.9 Å². The Morgan fingerprint density at radius 2 is 2.62 bits per heavy atom. The van der Waals surface area contributed by atoms with Gasteiger partial charge in [0.1, 0.15) is 0 Å². The van der Waals surface area contributed by atoms with Gasteiger partial charge in [-0.25, -0.2) is 4.98 Å². The molecule has 0 spiro atoms. The quantitative estimate of drug-likeness (QED) is 0.595. The molecule has 0 aliphatic heterocycles. The van der Waals surface area contributed by atoms with E-state index in [1.54, 1.807) is 11.3 Å². The van der Waals surface area contributed by atoms with Gasteiger partial charge in [-0.3, -0.25) is 0 Å². The predicted octanol–water partition coefficient (Wildman–Crippen LogP) is 1.88. The van der Waals surface area contributed by atoms with Crippen molar-refractivity contribution in [2.24, 2.45) is 0 Å². The van der Waals surface area contributed by atoms with Crippen LogP contribution in [0.2, 0.25) is 0 Å². The molecule has 8 heavy (non-hydrogen) atoms. The Bertz CT molecular complexity index is 171. The lowest BCUT2D eigenvalue weighted by atomic mass is 10.6. The summed E-state index contributed by atoms with van der Waals surface area (Å²) in [4.78, 5) is 4.17. The average molecular weight is 145 g/mol. The molecule has 0 bridgehead atoms. The van der Waals surface area contributed by atoms with Crippen molar-refractivity contribution in [3.8, 4) is 0 Å². The van der Waals surface area contributed by atoms with Gasteiger partial charge in [0.25, 0.3) is 0 Å². The summed E-state index contributed by atoms with van der Waals surface area (Å²) in [6, 6.07) is 0. The highest BCUT2D eigenvalue weighted by molar-refractivity contribution is 7.79. The van der Waals surface area contributed by atoms with Crippen molar-refractivity contribution in [2.75, 3.05) is 0 Å². The summed E-state index contributed by atoms with van der Waals surface area (Å²) < 4.78 is 0. The summed E-state index contributed by atoms with van der Waals surface area (Å²) in [7, 11) is 0. The molecule has 0 amide bonds. The molecule has 44 valence electrons. The molecule has 0 atom stereocenters. The van der Waals surface area contributed by atoms with Gasteiger partial charge < -0.3 is 0 Å². The van der Waals surface area contributed by atoms with Crippen LogP contribution in [-0.4, -0.2) is 4.98 Å². The van der Waals surface area contributed by atoms with E-state index in [1.807, 2.05) is 12.3 Å². The van der Waals surface area contributed by atoms with Gasteiger partial charge in [-0.1, -0.05) is 0 Å². The Morgan fingerprint density at radius 1 is 1.88 bits per heavy atom. The highest BCUT2D eigenvalue weighted by Crippen LogP contribution is 2.08. The van der Waals surface area contributed by atoms with Crippen LogP contribution in [0.3, 0.4) is 0 Å². The zero-order valence-corrected chi connectivity index (χ0v) is 6.30. The Balaban J connectivity index is 2.84. The summed E-state index contributed by atoms with van der Waals surface area (Å²) >= 11 is 5.74. The van der Waals surface area contributed by atoms with Gasteiger partial charge in [0.05, 0.1) is 10.7 Å². The van der Waals surface area contributed by atoms with Gasteiger partial charge in [-0.15, -0.1) is 11.3 Å². The molecular formula is C5H7NS2. The second-order valence-corrected chi connectivity index (χ2v) is 2.89. The highest BCUT2D eigenvalue weighted by Gasteiger charge is 1.91. The molecule has 0 unspecified atom stereocenters. The third kappa shape index (κ3) is 1.23. The fourth-order valence-electron chi connectivity index (χ4n) is 0.481. The van der Waals surface area contributed by atoms with Crippen molar-refractivity contribution >= 4 is 24.0 Å². The van der Waals surface area contributed by atoms with Crippen LogP contribution in [0.5, 0.6) is 0 Å². The molecule has 0 aliphatic rings. The number of nitrogens with zero attached hydrogens (tertiary/aromatic N) is 1. The van der Waals surface area contributed by atoms with E-state index in [4.69, 9.17) is 0 Å². The first-order valence-corrected chi connectivity index (χ1v) is 3.86. The molecule has 3 heteroatoms. The maximum absolute atomic E-state index is 4.17. The molecule has 1 aromatic rings. The van der Waals surface area contributed by atoms with Crippen molar-refractivity contribution in [1.29, 1.82) is 0 Å². The van der Waals surface area contributed by atoms with E-state index < -0.39 is 0 Å². The zero-order chi connectivity index (χ0) is 5.98. The van der Waals surface area contributed by atoms with E-state index >= 15 is 0 Å². The second-order valence-electron chi connectivity index (χ2n) is 1.52. The normalized spacial score (nSPS) is 9.75. The molecular weight excluding hydrogens is 138 g/mol. The van der Waals surface area contributed by atoms with Crippen LogP contribution < -0.4 is 0 Å². The van der Waals surface area contributed by atoms with Crippen LogP contribution in [0.25, 0.3) is 0 Å². The molecule has 0 N–H and O–H groups in total. The summed E-state index contributed by atoms with van der Waals surface area (Å²) in [6.45, 7) is 2.00. The molecule has 0 fully saturated rings. The third-order valence-electron chi connectivity index (χ3n) is 0.829. The van der Waals surface area contributed by atoms with Crippen LogP contribution in [0.4, 0.5) is 0 Å². The van der Waals surface area contributed by atoms with Crippen molar-refractivity contribution in [3.05, 3.63) is 16.1 Å². The molecule has 0 saturated carbocycles. The molecule has 0 aromatic carbocycles. The van der Waals surface area contributed by atoms with E-state index in [0.717, 1.165) is 16.5 Å². The van der Waals surface area contributed by atoms with Gasteiger partial charge in [0.15, 0.2) is 0 Å². The van der Waals surface area contributed by atoms with Crippen LogP contribution in [0.15, 0.2) is 5.38 Å². The SMILES string of the molecule is Cc1nc(CS)cs1. The van der Waals surface area contributed by atoms with E-state index in [1.165, 1.54) is 0 Å². The van der Waals surface area contributed by atoms with Crippen molar-refractivity contribution in [1.82, 2.24) is 4.98 Å². The molecule has 0 saturated heterocycles. The smallest absolute Gasteiger partial charge is 0.0897 e. The number of aryl methyl sites for hydroxylation is 1. The van der Waals surface area contributed by atoms with E-state index in [2.05, 4.69) is 17.6 Å². The Kier molecular flexibility index (Phi) is 1.91. The third-order valence-corrected chi connectivity index (χ3v) is 1.97. The molecule has 1 rings (SSSR count). The number of aromatic nitrogens is 1. The Labute approximate surface area is 58.2 Å². The maximum atomic E-state index is 4.17. The standard InChI is InChI=1S/C5H7NS2/c1-4-6-5(2-7)3-8-4/h3,7H,2H2,1H3. The van der Waals surface area contributed by atoms with Gasteiger partial charge in [-0.2, -0.15) is 12.6 Å². The molecule has 1 nitrogen and oxygen atoms in total. The van der Waals surface area contributed by atoms with Crippen LogP contribution >= 0.6 is 24.0 Å². The lowest BCUT2D eigenvalue weighted by Crippen LogP contribution is -1.74. The monoisotopic (exact) mass is 145 g/mol. The van der Waals surface area contributed by atoms with Gasteiger partial charge in [-0.05, 0) is 6.92 Å². The average Bonchev–Trinajstić information content (AvgIpc) is 2.14. The molecule has 0 aliphatic carbocycles. The highest BCUT2D eigenvalue weighted by atomic mass is 32.1. The van der Waals surface area contributed by atoms with Gasteiger partial charge >= 0.3 is 0 Å². The fourth-order valence-corrected chi connectivity index (χ4v) is 1.38. The first-order valence-electron chi connectivity index (χ1n) is 2.35. The lowest BCUT2D eigenvalue weighted by molar-refractivity contribution is 1.18. The minimum Gasteiger partial charge on any atom is -0.246 e. The minimum atomic E-state index is 0.754. The van der Waals surface area contributed by atoms with Gasteiger partial charge in [0.2, 0.25) is 0 Å². The fraction of sp³-hybridized carbons (Fsp3) is 0.400. The van der Waals surface area contributed by atoms with Crippen molar-refractivity contribution < 1.29 is 0 Å².